The van der Waals surface area contributed by atoms with Gasteiger partial charge in [-0.1, -0.05) is 86.6 Å². The number of ether oxygens (including phenoxy) is 1. The molecule has 2 aromatic carbocycles. The van der Waals surface area contributed by atoms with Crippen molar-refractivity contribution in [1.29, 1.82) is 0 Å². The zero-order chi connectivity index (χ0) is 20.9. The zero-order valence-corrected chi connectivity index (χ0v) is 19.1. The van der Waals surface area contributed by atoms with E-state index in [0.717, 1.165) is 45.8 Å². The molecule has 0 atom stereocenters. The van der Waals surface area contributed by atoms with Crippen LogP contribution >= 0.6 is 23.4 Å². The van der Waals surface area contributed by atoms with Crippen molar-refractivity contribution in [3.8, 4) is 11.4 Å². The Kier molecular flexibility index (Phi) is 7.38. The highest BCUT2D eigenvalue weighted by Gasteiger charge is 2.17. The summed E-state index contributed by atoms with van der Waals surface area (Å²) in [7, 11) is 1.73. The molecule has 1 aromatic heterocycles. The van der Waals surface area contributed by atoms with Crippen molar-refractivity contribution in [2.45, 2.75) is 50.1 Å². The van der Waals surface area contributed by atoms with Crippen molar-refractivity contribution in [3.05, 3.63) is 64.7 Å². The molecular weight excluding hydrogens is 402 g/mol. The molecule has 1 heterocycles. The fourth-order valence-electron chi connectivity index (χ4n) is 3.05. The maximum atomic E-state index is 6.31. The molecule has 6 heteroatoms. The van der Waals surface area contributed by atoms with Gasteiger partial charge in [0.05, 0.1) is 0 Å². The molecular formula is C23H28ClN3OS. The zero-order valence-electron chi connectivity index (χ0n) is 17.5. The van der Waals surface area contributed by atoms with Crippen molar-refractivity contribution >= 4 is 23.4 Å². The van der Waals surface area contributed by atoms with Crippen LogP contribution in [0.15, 0.2) is 53.7 Å². The molecule has 0 unspecified atom stereocenters. The fourth-order valence-corrected chi connectivity index (χ4v) is 4.30. The number of nitrogens with zero attached hydrogens (tertiary/aromatic N) is 3. The second kappa shape index (κ2) is 9.79. The van der Waals surface area contributed by atoms with Crippen LogP contribution in [0.3, 0.4) is 0 Å². The lowest BCUT2D eigenvalue weighted by atomic mass is 9.87. The average molecular weight is 430 g/mol. The topological polar surface area (TPSA) is 39.9 Å². The number of halogens is 1. The quantitative estimate of drug-likeness (QED) is 0.314. The maximum absolute atomic E-state index is 6.31. The van der Waals surface area contributed by atoms with Crippen molar-refractivity contribution in [1.82, 2.24) is 14.8 Å². The molecule has 0 aliphatic carbocycles. The van der Waals surface area contributed by atoms with E-state index in [4.69, 9.17) is 16.3 Å². The number of thioether (sulfide) groups is 1. The summed E-state index contributed by atoms with van der Waals surface area (Å²) >= 11 is 7.97. The smallest absolute Gasteiger partial charge is 0.191 e. The average Bonchev–Trinajstić information content (AvgIpc) is 3.10. The van der Waals surface area contributed by atoms with Gasteiger partial charge in [-0.3, -0.25) is 0 Å². The molecule has 3 rings (SSSR count). The minimum atomic E-state index is 0.126. The van der Waals surface area contributed by atoms with Crippen LogP contribution in [0.1, 0.15) is 38.3 Å². The molecule has 0 bridgehead atoms. The van der Waals surface area contributed by atoms with Crippen LogP contribution in [0.4, 0.5) is 0 Å². The van der Waals surface area contributed by atoms with Gasteiger partial charge in [0.25, 0.3) is 0 Å². The summed E-state index contributed by atoms with van der Waals surface area (Å²) in [5.74, 6) is 1.65. The van der Waals surface area contributed by atoms with E-state index in [0.29, 0.717) is 6.61 Å². The molecule has 0 aliphatic rings. The number of aromatic nitrogens is 3. The van der Waals surface area contributed by atoms with Gasteiger partial charge in [0.2, 0.25) is 0 Å². The second-order valence-corrected chi connectivity index (χ2v) is 9.36. The first kappa shape index (κ1) is 21.9. The fraction of sp³-hybridized carbons (Fsp3) is 0.391. The summed E-state index contributed by atoms with van der Waals surface area (Å²) in [5.41, 5.74) is 3.61. The van der Waals surface area contributed by atoms with E-state index < -0.39 is 0 Å². The van der Waals surface area contributed by atoms with E-state index in [1.54, 1.807) is 18.9 Å². The van der Waals surface area contributed by atoms with Crippen LogP contribution in [0.2, 0.25) is 5.02 Å². The molecule has 0 aliphatic heterocycles. The van der Waals surface area contributed by atoms with E-state index in [2.05, 4.69) is 59.8 Å². The molecule has 0 saturated carbocycles. The molecule has 0 fully saturated rings. The van der Waals surface area contributed by atoms with Crippen LogP contribution in [0.5, 0.6) is 0 Å². The highest BCUT2D eigenvalue weighted by molar-refractivity contribution is 7.98. The Balaban J connectivity index is 1.86. The highest BCUT2D eigenvalue weighted by Crippen LogP contribution is 2.30. The third-order valence-electron chi connectivity index (χ3n) is 4.77. The van der Waals surface area contributed by atoms with Gasteiger partial charge in [-0.05, 0) is 29.0 Å². The Hall–Kier alpha value is -1.82. The molecule has 0 spiro atoms. The lowest BCUT2D eigenvalue weighted by molar-refractivity contribution is 0.189. The number of methoxy groups -OCH3 is 1. The Labute approximate surface area is 182 Å². The largest absolute Gasteiger partial charge is 0.385 e. The van der Waals surface area contributed by atoms with Crippen molar-refractivity contribution in [2.75, 3.05) is 13.7 Å². The van der Waals surface area contributed by atoms with E-state index in [1.165, 1.54) is 5.56 Å². The minimum Gasteiger partial charge on any atom is -0.385 e. The van der Waals surface area contributed by atoms with Crippen LogP contribution in [0.25, 0.3) is 11.4 Å². The first-order valence-corrected chi connectivity index (χ1v) is 11.2. The van der Waals surface area contributed by atoms with Gasteiger partial charge in [0, 0.05) is 36.6 Å². The Morgan fingerprint density at radius 1 is 1.03 bits per heavy atom. The Morgan fingerprint density at radius 2 is 1.76 bits per heavy atom. The summed E-state index contributed by atoms with van der Waals surface area (Å²) in [6.45, 7) is 8.17. The molecule has 154 valence electrons. The predicted molar refractivity (Wildman–Crippen MR) is 122 cm³/mol. The van der Waals surface area contributed by atoms with E-state index in [9.17, 15) is 0 Å². The lowest BCUT2D eigenvalue weighted by Gasteiger charge is -2.19. The van der Waals surface area contributed by atoms with Crippen LogP contribution in [-0.2, 0) is 22.4 Å². The van der Waals surface area contributed by atoms with Crippen molar-refractivity contribution in [3.63, 3.8) is 0 Å². The maximum Gasteiger partial charge on any atom is 0.191 e. The van der Waals surface area contributed by atoms with Crippen LogP contribution in [0, 0.1) is 0 Å². The SMILES string of the molecule is COCCCn1c(SCc2ccccc2Cl)nnc1-c1ccc(C(C)(C)C)cc1. The summed E-state index contributed by atoms with van der Waals surface area (Å²) < 4.78 is 7.43. The van der Waals surface area contributed by atoms with E-state index in [-0.39, 0.29) is 5.41 Å². The van der Waals surface area contributed by atoms with Crippen LogP contribution in [-0.4, -0.2) is 28.5 Å². The van der Waals surface area contributed by atoms with E-state index in [1.807, 2.05) is 24.3 Å². The first-order chi connectivity index (χ1) is 13.9. The number of rotatable bonds is 8. The Morgan fingerprint density at radius 3 is 2.41 bits per heavy atom. The number of hydrogen-bond acceptors (Lipinski definition) is 4. The van der Waals surface area contributed by atoms with Gasteiger partial charge in [-0.25, -0.2) is 0 Å². The minimum absolute atomic E-state index is 0.126. The highest BCUT2D eigenvalue weighted by atomic mass is 35.5. The van der Waals surface area contributed by atoms with Gasteiger partial charge < -0.3 is 9.30 Å². The Bertz CT molecular complexity index is 932. The van der Waals surface area contributed by atoms with Crippen molar-refractivity contribution in [2.24, 2.45) is 0 Å². The predicted octanol–water partition coefficient (Wildman–Crippen LogP) is 6.22. The molecule has 0 saturated heterocycles. The third kappa shape index (κ3) is 5.62. The van der Waals surface area contributed by atoms with Gasteiger partial charge in [-0.15, -0.1) is 10.2 Å². The molecule has 3 aromatic rings. The second-order valence-electron chi connectivity index (χ2n) is 8.01. The molecule has 0 N–H and O–H groups in total. The lowest BCUT2D eigenvalue weighted by Crippen LogP contribution is -2.10. The first-order valence-electron chi connectivity index (χ1n) is 9.79. The summed E-state index contributed by atoms with van der Waals surface area (Å²) in [5, 5.41) is 10.7. The van der Waals surface area contributed by atoms with Crippen LogP contribution < -0.4 is 0 Å². The summed E-state index contributed by atoms with van der Waals surface area (Å²) in [6, 6.07) is 16.6. The molecule has 29 heavy (non-hydrogen) atoms. The molecule has 0 radical (unpaired) electrons. The summed E-state index contributed by atoms with van der Waals surface area (Å²) in [6.07, 6.45) is 0.904. The standard InChI is InChI=1S/C23H28ClN3OS/c1-23(2,3)19-12-10-17(11-13-19)21-25-26-22(27(21)14-7-15-28-4)29-16-18-8-5-6-9-20(18)24/h5-6,8-13H,7,14-16H2,1-4H3. The molecule has 4 nitrogen and oxygen atoms in total. The number of benzene rings is 2. The molecule has 0 amide bonds. The van der Waals surface area contributed by atoms with Gasteiger partial charge in [0.1, 0.15) is 0 Å². The monoisotopic (exact) mass is 429 g/mol. The van der Waals surface area contributed by atoms with Gasteiger partial charge in [-0.2, -0.15) is 0 Å². The summed E-state index contributed by atoms with van der Waals surface area (Å²) in [4.78, 5) is 0. The number of hydrogen-bond donors (Lipinski definition) is 0. The van der Waals surface area contributed by atoms with Gasteiger partial charge >= 0.3 is 0 Å². The normalized spacial score (nSPS) is 11.8. The van der Waals surface area contributed by atoms with Gasteiger partial charge in [0.15, 0.2) is 11.0 Å². The van der Waals surface area contributed by atoms with Crippen molar-refractivity contribution < 1.29 is 4.74 Å². The van der Waals surface area contributed by atoms with E-state index >= 15 is 0 Å². The third-order valence-corrected chi connectivity index (χ3v) is 6.16.